The number of aliphatic carboxylic acids is 1. The molecular formula is C28H30N2O5. The van der Waals surface area contributed by atoms with E-state index >= 15 is 0 Å². The summed E-state index contributed by atoms with van der Waals surface area (Å²) in [6.45, 7) is 1.19. The SMILES string of the molecule is O=C(NCC1CC1C(=O)N1CCC2(C(=O)O)CCCC12)OCC1c2ccccc2-c2ccccc21. The highest BCUT2D eigenvalue weighted by molar-refractivity contribution is 5.85. The molecule has 1 heterocycles. The van der Waals surface area contributed by atoms with Crippen LogP contribution in [-0.4, -0.2) is 53.7 Å². The van der Waals surface area contributed by atoms with Crippen molar-refractivity contribution in [2.75, 3.05) is 19.7 Å². The smallest absolute Gasteiger partial charge is 0.407 e. The van der Waals surface area contributed by atoms with Gasteiger partial charge in [0, 0.05) is 31.0 Å². The Morgan fingerprint density at radius 1 is 1.03 bits per heavy atom. The van der Waals surface area contributed by atoms with Crippen LogP contribution in [-0.2, 0) is 14.3 Å². The summed E-state index contributed by atoms with van der Waals surface area (Å²) in [4.78, 5) is 39.3. The van der Waals surface area contributed by atoms with Gasteiger partial charge < -0.3 is 20.1 Å². The van der Waals surface area contributed by atoms with E-state index < -0.39 is 17.5 Å². The van der Waals surface area contributed by atoms with Crippen LogP contribution >= 0.6 is 0 Å². The maximum absolute atomic E-state index is 13.1. The third kappa shape index (κ3) is 3.60. The topological polar surface area (TPSA) is 95.9 Å². The number of rotatable bonds is 6. The van der Waals surface area contributed by atoms with Gasteiger partial charge in [0.05, 0.1) is 5.41 Å². The molecule has 0 radical (unpaired) electrons. The van der Waals surface area contributed by atoms with Crippen LogP contribution in [0.15, 0.2) is 48.5 Å². The molecule has 7 heteroatoms. The molecule has 182 valence electrons. The Bertz CT molecular complexity index is 1150. The van der Waals surface area contributed by atoms with Crippen LogP contribution in [0, 0.1) is 17.3 Å². The first kappa shape index (κ1) is 22.1. The van der Waals surface area contributed by atoms with Gasteiger partial charge in [0.2, 0.25) is 5.91 Å². The van der Waals surface area contributed by atoms with Crippen LogP contribution in [0.1, 0.15) is 49.1 Å². The van der Waals surface area contributed by atoms with E-state index in [0.29, 0.717) is 25.9 Å². The fourth-order valence-corrected chi connectivity index (χ4v) is 6.75. The van der Waals surface area contributed by atoms with E-state index in [9.17, 15) is 19.5 Å². The van der Waals surface area contributed by atoms with Crippen molar-refractivity contribution in [1.82, 2.24) is 10.2 Å². The zero-order valence-electron chi connectivity index (χ0n) is 19.6. The summed E-state index contributed by atoms with van der Waals surface area (Å²) in [5, 5.41) is 12.6. The molecule has 6 rings (SSSR count). The number of benzene rings is 2. The standard InChI is InChI=1S/C28H30N2O5/c31-25(30-13-12-28(26(32)33)11-5-10-24(28)30)22-14-17(22)15-29-27(34)35-16-23-20-8-3-1-6-18(20)19-7-2-4-9-21(19)23/h1-4,6-9,17,22-24H,5,10-16H2,(H,29,34)(H,32,33). The van der Waals surface area contributed by atoms with Crippen LogP contribution in [0.4, 0.5) is 4.79 Å². The van der Waals surface area contributed by atoms with Crippen LogP contribution in [0.25, 0.3) is 11.1 Å². The van der Waals surface area contributed by atoms with Crippen molar-refractivity contribution >= 4 is 18.0 Å². The van der Waals surface area contributed by atoms with Gasteiger partial charge in [-0.3, -0.25) is 9.59 Å². The average Bonchev–Trinajstić information content (AvgIpc) is 3.20. The second-order valence-corrected chi connectivity index (χ2v) is 10.5. The first-order valence-electron chi connectivity index (χ1n) is 12.6. The number of nitrogens with one attached hydrogen (secondary N) is 1. The van der Waals surface area contributed by atoms with Crippen molar-refractivity contribution in [2.24, 2.45) is 17.3 Å². The number of fused-ring (bicyclic) bond motifs is 4. The number of likely N-dealkylation sites (tertiary alicyclic amines) is 1. The van der Waals surface area contributed by atoms with Crippen molar-refractivity contribution in [3.63, 3.8) is 0 Å². The predicted molar refractivity (Wildman–Crippen MR) is 129 cm³/mol. The number of carboxylic acids is 1. The zero-order chi connectivity index (χ0) is 24.2. The number of hydrogen-bond acceptors (Lipinski definition) is 4. The molecule has 4 atom stereocenters. The highest BCUT2D eigenvalue weighted by atomic mass is 16.5. The molecule has 1 aliphatic heterocycles. The second kappa shape index (κ2) is 8.40. The molecule has 3 aliphatic carbocycles. The van der Waals surface area contributed by atoms with Gasteiger partial charge in [-0.15, -0.1) is 0 Å². The number of hydrogen-bond donors (Lipinski definition) is 2. The van der Waals surface area contributed by atoms with Crippen LogP contribution in [0.3, 0.4) is 0 Å². The molecule has 35 heavy (non-hydrogen) atoms. The Hall–Kier alpha value is -3.35. The molecule has 4 unspecified atom stereocenters. The van der Waals surface area contributed by atoms with Gasteiger partial charge in [-0.25, -0.2) is 4.79 Å². The summed E-state index contributed by atoms with van der Waals surface area (Å²) < 4.78 is 5.60. The largest absolute Gasteiger partial charge is 0.481 e. The minimum absolute atomic E-state index is 0.0134. The normalized spacial score (nSPS) is 28.2. The van der Waals surface area contributed by atoms with E-state index in [4.69, 9.17) is 4.74 Å². The van der Waals surface area contributed by atoms with E-state index in [-0.39, 0.29) is 36.3 Å². The van der Waals surface area contributed by atoms with Gasteiger partial charge in [0.25, 0.3) is 0 Å². The summed E-state index contributed by atoms with van der Waals surface area (Å²) in [6, 6.07) is 16.3. The second-order valence-electron chi connectivity index (χ2n) is 10.5. The first-order valence-corrected chi connectivity index (χ1v) is 12.6. The minimum Gasteiger partial charge on any atom is -0.481 e. The number of ether oxygens (including phenoxy) is 1. The van der Waals surface area contributed by atoms with E-state index in [1.165, 1.54) is 22.3 Å². The molecule has 0 aromatic heterocycles. The minimum atomic E-state index is -0.764. The van der Waals surface area contributed by atoms with Crippen molar-refractivity contribution < 1.29 is 24.2 Å². The highest BCUT2D eigenvalue weighted by Crippen LogP contribution is 2.51. The molecule has 0 spiro atoms. The number of alkyl carbamates (subject to hydrolysis) is 1. The molecule has 2 aromatic rings. The maximum Gasteiger partial charge on any atom is 0.407 e. The average molecular weight is 475 g/mol. The monoisotopic (exact) mass is 474 g/mol. The lowest BCUT2D eigenvalue weighted by molar-refractivity contribution is -0.150. The fraction of sp³-hybridized carbons (Fsp3) is 0.464. The molecule has 7 nitrogen and oxygen atoms in total. The van der Waals surface area contributed by atoms with Crippen molar-refractivity contribution in [1.29, 1.82) is 0 Å². The molecule has 2 aromatic carbocycles. The van der Waals surface area contributed by atoms with Crippen molar-refractivity contribution in [3.8, 4) is 11.1 Å². The van der Waals surface area contributed by atoms with Crippen LogP contribution < -0.4 is 5.32 Å². The number of amides is 2. The molecule has 4 aliphatic rings. The third-order valence-corrected chi connectivity index (χ3v) is 8.71. The maximum atomic E-state index is 13.1. The molecule has 0 bridgehead atoms. The van der Waals surface area contributed by atoms with Gasteiger partial charge in [0.1, 0.15) is 6.61 Å². The Labute approximate surface area is 204 Å². The molecule has 3 fully saturated rings. The Morgan fingerprint density at radius 2 is 1.71 bits per heavy atom. The quantitative estimate of drug-likeness (QED) is 0.659. The molecule has 2 amide bonds. The number of carbonyl (C=O) groups excluding carboxylic acids is 2. The highest BCUT2D eigenvalue weighted by Gasteiger charge is 2.58. The fourth-order valence-electron chi connectivity index (χ4n) is 6.75. The van der Waals surface area contributed by atoms with E-state index in [1.807, 2.05) is 29.2 Å². The van der Waals surface area contributed by atoms with E-state index in [2.05, 4.69) is 29.6 Å². The van der Waals surface area contributed by atoms with Gasteiger partial charge in [-0.2, -0.15) is 0 Å². The number of nitrogens with zero attached hydrogens (tertiary/aromatic N) is 1. The Kier molecular flexibility index (Phi) is 5.31. The first-order chi connectivity index (χ1) is 17.0. The van der Waals surface area contributed by atoms with Gasteiger partial charge in [0.15, 0.2) is 0 Å². The van der Waals surface area contributed by atoms with E-state index in [0.717, 1.165) is 19.3 Å². The summed E-state index contributed by atoms with van der Waals surface area (Å²) in [7, 11) is 0. The van der Waals surface area contributed by atoms with Gasteiger partial charge >= 0.3 is 12.1 Å². The number of carbonyl (C=O) groups is 3. The van der Waals surface area contributed by atoms with Crippen LogP contribution in [0.2, 0.25) is 0 Å². The summed E-state index contributed by atoms with van der Waals surface area (Å²) >= 11 is 0. The predicted octanol–water partition coefficient (Wildman–Crippen LogP) is 4.02. The Balaban J connectivity index is 1.01. The van der Waals surface area contributed by atoms with Gasteiger partial charge in [-0.05, 0) is 53.9 Å². The van der Waals surface area contributed by atoms with E-state index in [1.54, 1.807) is 0 Å². The van der Waals surface area contributed by atoms with Gasteiger partial charge in [-0.1, -0.05) is 55.0 Å². The van der Waals surface area contributed by atoms with Crippen LogP contribution in [0.5, 0.6) is 0 Å². The van der Waals surface area contributed by atoms with Crippen molar-refractivity contribution in [2.45, 2.75) is 44.1 Å². The molecular weight excluding hydrogens is 444 g/mol. The summed E-state index contributed by atoms with van der Waals surface area (Å²) in [5.74, 6) is -0.739. The molecule has 1 saturated heterocycles. The number of carboxylic acid groups (broad SMARTS) is 1. The lowest BCUT2D eigenvalue weighted by atomic mass is 9.82. The zero-order valence-corrected chi connectivity index (χ0v) is 19.6. The Morgan fingerprint density at radius 3 is 2.40 bits per heavy atom. The summed E-state index contributed by atoms with van der Waals surface area (Å²) in [6.07, 6.45) is 3.10. The van der Waals surface area contributed by atoms with Crippen molar-refractivity contribution in [3.05, 3.63) is 59.7 Å². The molecule has 2 N–H and O–H groups in total. The third-order valence-electron chi connectivity index (χ3n) is 8.71. The lowest BCUT2D eigenvalue weighted by Crippen LogP contribution is -2.44. The molecule has 2 saturated carbocycles. The lowest BCUT2D eigenvalue weighted by Gasteiger charge is -2.29. The summed E-state index contributed by atoms with van der Waals surface area (Å²) in [5.41, 5.74) is 3.97.